The van der Waals surface area contributed by atoms with Crippen LogP contribution in [0.25, 0.3) is 88.6 Å². The quantitative estimate of drug-likeness (QED) is 0.0260. The number of hydrogen-bond acceptors (Lipinski definition) is 15. The third kappa shape index (κ3) is 18.0. The van der Waals surface area contributed by atoms with Crippen molar-refractivity contribution in [1.82, 2.24) is 85.9 Å². The highest BCUT2D eigenvalue weighted by atomic mass is 16.5. The fraction of sp³-hybridized carbons (Fsp3) is 0.438. The van der Waals surface area contributed by atoms with Crippen LogP contribution in [0.5, 0.6) is 0 Å². The number of aromatic amines is 4. The molecule has 8 N–H and O–H groups in total. The Hall–Kier alpha value is -12.1. The lowest BCUT2D eigenvalue weighted by atomic mass is 9.95. The van der Waals surface area contributed by atoms with Gasteiger partial charge in [0, 0.05) is 49.8 Å². The first-order valence-electron chi connectivity index (χ1n) is 41.0. The van der Waals surface area contributed by atoms with E-state index < -0.39 is 41.9 Å². The molecule has 616 valence electrons. The lowest BCUT2D eigenvalue weighted by molar-refractivity contribution is -0.141. The first-order chi connectivity index (χ1) is 56.3. The summed E-state index contributed by atoms with van der Waals surface area (Å²) in [6.45, 7) is 21.4. The molecule has 4 saturated heterocycles. The van der Waals surface area contributed by atoms with Gasteiger partial charge in [0.15, 0.2) is 0 Å². The number of carbonyl (C=O) groups excluding carboxylic acids is 8. The van der Waals surface area contributed by atoms with Crippen LogP contribution < -0.4 is 21.4 Å². The summed E-state index contributed by atoms with van der Waals surface area (Å²) < 4.78 is 14.3. The van der Waals surface area contributed by atoms with Crippen molar-refractivity contribution in [2.45, 2.75) is 188 Å². The van der Waals surface area contributed by atoms with Crippen LogP contribution in [0, 0.1) is 17.8 Å². The number of ether oxygens (including phenoxy) is 3. The maximum atomic E-state index is 13.8. The number of amides is 9. The van der Waals surface area contributed by atoms with Gasteiger partial charge in [-0.05, 0) is 188 Å². The Labute approximate surface area is 681 Å². The standard InChI is InChI=1S/C45H54N8O6.C44H55N9O5/c1-26(2)37(50-43(56)58-6)40(54)52-20-8-10-36(52)39-46-24-34(48-39)29-13-11-28(12-14-29)30-15-16-32-23-33(18-17-31(32)22-30)35-25-47-42(49-35)45(5)19-9-21-53(45)41(55)38(27(3)4)51-44(57)59-7;1-7-38(54)49-39(26(2)3)42(55)51-20-10-8-13-37(51)41-46-33-19-18-31(24-34(33)47-41)29-14-15-30-23-32(17-16-28(30)22-29)35-25-45-40(48-35)36-12-9-11-21-52(36)44(57)53(27(4)5)50-43(56)58-6/h11-18,22-27,36-38H,8-10,19-21H2,1-7H3,(H,46,48)(H,47,49)(H,50,56)(H,51,57);14-19,22-27,36-37,39H,7-13,20-21H2,1-6H3,(H,45,48)(H,46,47)(H,49,54)(H,50,56)/t36-,37-,38-,45-;36-,37-,39-/m00/s1. The molecule has 10 aromatic rings. The van der Waals surface area contributed by atoms with Gasteiger partial charge in [-0.3, -0.25) is 19.2 Å². The third-order valence-corrected chi connectivity index (χ3v) is 23.3. The van der Waals surface area contributed by atoms with E-state index in [1.54, 1.807) is 11.8 Å². The van der Waals surface area contributed by atoms with E-state index in [1.807, 2.05) is 102 Å². The zero-order valence-electron chi connectivity index (χ0n) is 69.1. The number of urea groups is 1. The Morgan fingerprint density at radius 1 is 0.462 bits per heavy atom. The molecule has 28 heteroatoms. The van der Waals surface area contributed by atoms with E-state index in [2.05, 4.69) is 151 Å². The van der Waals surface area contributed by atoms with Crippen LogP contribution in [0.1, 0.15) is 181 Å². The van der Waals surface area contributed by atoms with Crippen molar-refractivity contribution in [2.24, 2.45) is 17.8 Å². The second kappa shape index (κ2) is 36.0. The molecule has 117 heavy (non-hydrogen) atoms. The topological polar surface area (TPSA) is 343 Å². The molecule has 0 aliphatic carbocycles. The average Bonchev–Trinajstić information content (AvgIpc) is 1.63. The highest BCUT2D eigenvalue weighted by Gasteiger charge is 2.47. The molecule has 8 heterocycles. The van der Waals surface area contributed by atoms with Crippen molar-refractivity contribution >= 4 is 80.5 Å². The van der Waals surface area contributed by atoms with Crippen LogP contribution in [0.3, 0.4) is 0 Å². The van der Waals surface area contributed by atoms with Gasteiger partial charge in [0.05, 0.1) is 91.7 Å². The van der Waals surface area contributed by atoms with Crippen LogP contribution >= 0.6 is 0 Å². The second-order valence-electron chi connectivity index (χ2n) is 32.5. The summed E-state index contributed by atoms with van der Waals surface area (Å²) in [7, 11) is 3.86. The van der Waals surface area contributed by atoms with Crippen molar-refractivity contribution in [3.63, 3.8) is 0 Å². The number of methoxy groups -OCH3 is 3. The normalized spacial score (nSPS) is 18.4. The lowest BCUT2D eigenvalue weighted by Crippen LogP contribution is -2.56. The van der Waals surface area contributed by atoms with Gasteiger partial charge >= 0.3 is 24.3 Å². The number of hydrogen-bond donors (Lipinski definition) is 8. The Morgan fingerprint density at radius 3 is 1.44 bits per heavy atom. The Morgan fingerprint density at radius 2 is 0.897 bits per heavy atom. The van der Waals surface area contributed by atoms with Crippen LogP contribution in [-0.4, -0.2) is 184 Å². The Bertz CT molecular complexity index is 5280. The van der Waals surface area contributed by atoms with E-state index in [0.29, 0.717) is 44.2 Å². The maximum absolute atomic E-state index is 13.8. The van der Waals surface area contributed by atoms with E-state index in [1.165, 1.54) is 26.3 Å². The maximum Gasteiger partial charge on any atom is 0.425 e. The molecule has 0 saturated carbocycles. The van der Waals surface area contributed by atoms with E-state index in [9.17, 15) is 38.4 Å². The first kappa shape index (κ1) is 82.9. The fourth-order valence-electron chi connectivity index (χ4n) is 16.6. The molecule has 4 aromatic heterocycles. The van der Waals surface area contributed by atoms with E-state index in [-0.39, 0.29) is 71.6 Å². The largest absolute Gasteiger partial charge is 0.453 e. The predicted octanol–water partition coefficient (Wildman–Crippen LogP) is 15.6. The molecule has 0 bridgehead atoms. The summed E-state index contributed by atoms with van der Waals surface area (Å²) in [5.41, 5.74) is 13.5. The average molecular weight is 1590 g/mol. The first-order valence-corrected chi connectivity index (χ1v) is 41.0. The molecule has 7 atom stereocenters. The number of fused-ring (bicyclic) bond motifs is 3. The number of alkyl carbamates (subject to hydrolysis) is 2. The molecule has 4 aliphatic rings. The number of nitrogens with zero attached hydrogens (tertiary/aromatic N) is 9. The fourth-order valence-corrected chi connectivity index (χ4v) is 16.6. The number of likely N-dealkylation sites (tertiary alicyclic amines) is 4. The number of piperidine rings is 2. The minimum atomic E-state index is -0.709. The van der Waals surface area contributed by atoms with Gasteiger partial charge in [0.25, 0.3) is 0 Å². The van der Waals surface area contributed by atoms with Crippen molar-refractivity contribution < 1.29 is 52.6 Å². The van der Waals surface area contributed by atoms with Crippen LogP contribution in [0.2, 0.25) is 0 Å². The summed E-state index contributed by atoms with van der Waals surface area (Å²) in [4.78, 5) is 144. The lowest BCUT2D eigenvalue weighted by Gasteiger charge is -2.39. The number of carbonyl (C=O) groups is 8. The highest BCUT2D eigenvalue weighted by Crippen LogP contribution is 2.42. The molecule has 14 rings (SSSR count). The number of imidazole rings is 4. The number of H-pyrrole nitrogens is 4. The van der Waals surface area contributed by atoms with Crippen LogP contribution in [0.15, 0.2) is 134 Å². The molecular weight excluding hydrogens is 1480 g/mol. The third-order valence-electron chi connectivity index (χ3n) is 23.3. The van der Waals surface area contributed by atoms with Gasteiger partial charge in [0.2, 0.25) is 23.6 Å². The predicted molar refractivity (Wildman–Crippen MR) is 448 cm³/mol. The summed E-state index contributed by atoms with van der Waals surface area (Å²) in [5.74, 6) is 2.20. The second-order valence-corrected chi connectivity index (χ2v) is 32.5. The van der Waals surface area contributed by atoms with Gasteiger partial charge in [-0.15, -0.1) is 0 Å². The van der Waals surface area contributed by atoms with E-state index in [0.717, 1.165) is 164 Å². The summed E-state index contributed by atoms with van der Waals surface area (Å²) in [5, 5.41) is 14.0. The van der Waals surface area contributed by atoms with Gasteiger partial charge < -0.3 is 69.7 Å². The van der Waals surface area contributed by atoms with Crippen LogP contribution in [0.4, 0.5) is 19.2 Å². The summed E-state index contributed by atoms with van der Waals surface area (Å²) in [6, 6.07) is 36.9. The highest BCUT2D eigenvalue weighted by molar-refractivity contribution is 5.94. The molecule has 4 aliphatic heterocycles. The Kier molecular flexibility index (Phi) is 25.5. The zero-order valence-corrected chi connectivity index (χ0v) is 69.1. The summed E-state index contributed by atoms with van der Waals surface area (Å²) >= 11 is 0. The van der Waals surface area contributed by atoms with Gasteiger partial charge in [-0.1, -0.05) is 127 Å². The molecule has 0 radical (unpaired) electrons. The van der Waals surface area contributed by atoms with Crippen LogP contribution in [-0.2, 0) is 38.9 Å². The minimum absolute atomic E-state index is 0.0338. The zero-order chi connectivity index (χ0) is 83.1. The van der Waals surface area contributed by atoms with Gasteiger partial charge in [-0.2, -0.15) is 0 Å². The molecule has 9 amide bonds. The number of aromatic nitrogens is 8. The smallest absolute Gasteiger partial charge is 0.425 e. The molecule has 4 fully saturated rings. The van der Waals surface area contributed by atoms with Gasteiger partial charge in [0.1, 0.15) is 41.4 Å². The minimum Gasteiger partial charge on any atom is -0.453 e. The Balaban J connectivity index is 0.000000203. The van der Waals surface area contributed by atoms with Crippen molar-refractivity contribution in [3.05, 3.63) is 157 Å². The molecule has 0 unspecified atom stereocenters. The molecular formula is C89H109N17O11. The monoisotopic (exact) mass is 1590 g/mol. The number of hydrazine groups is 1. The number of nitrogens with one attached hydrogen (secondary N) is 8. The molecule has 28 nitrogen and oxygen atoms in total. The van der Waals surface area contributed by atoms with Gasteiger partial charge in [-0.25, -0.2) is 49.5 Å². The van der Waals surface area contributed by atoms with E-state index >= 15 is 0 Å². The SMILES string of the molecule is CCC(=O)N[C@H](C(=O)N1CCCC[C@H]1c1nc2ccc(-c3ccc4cc(-c5cnc([C@@H]6CCCCN6C(=O)N(NC(=O)OC)C(C)C)[nH]5)ccc4c3)cc2[nH]1)C(C)C.COC(=O)N[C@H](C(=O)N1CCC[C@H]1c1ncc(-c2ccc(-c3ccc4cc(-c5cnc([C@]6(C)CCCN6C(=O)[C@@H](NC(=O)OC)C(C)C)[nH]5)ccc4c3)cc2)[nH]1)C(C)C. The van der Waals surface area contributed by atoms with Crippen molar-refractivity contribution in [3.8, 4) is 56.0 Å². The summed E-state index contributed by atoms with van der Waals surface area (Å²) in [6.07, 6.45) is 12.4. The number of benzene rings is 6. The number of rotatable bonds is 20. The molecule has 0 spiro atoms. The van der Waals surface area contributed by atoms with E-state index in [4.69, 9.17) is 34.1 Å². The molecule has 6 aromatic carbocycles. The van der Waals surface area contributed by atoms with Crippen molar-refractivity contribution in [1.29, 1.82) is 0 Å². The van der Waals surface area contributed by atoms with Crippen molar-refractivity contribution in [2.75, 3.05) is 47.5 Å².